The minimum absolute atomic E-state index is 0.0222. The number of rotatable bonds is 7. The molecule has 0 aliphatic carbocycles. The molecule has 6 heteroatoms. The molecule has 0 bridgehead atoms. The number of hydrogen-bond donors (Lipinski definition) is 1. The molecule has 1 saturated heterocycles. The zero-order chi connectivity index (χ0) is 19.1. The van der Waals surface area contributed by atoms with Crippen LogP contribution in [0.4, 0.5) is 4.39 Å². The lowest BCUT2D eigenvalue weighted by Crippen LogP contribution is -2.43. The van der Waals surface area contributed by atoms with Crippen LogP contribution in [0.5, 0.6) is 0 Å². The zero-order valence-electron chi connectivity index (χ0n) is 15.2. The number of hydrogen-bond acceptors (Lipinski definition) is 3. The van der Waals surface area contributed by atoms with Crippen LogP contribution < -0.4 is 5.32 Å². The van der Waals surface area contributed by atoms with Crippen LogP contribution in [0, 0.1) is 11.7 Å². The average Bonchev–Trinajstić information content (AvgIpc) is 2.68. The third-order valence-corrected chi connectivity index (χ3v) is 5.98. The second-order valence-corrected chi connectivity index (χ2v) is 8.36. The van der Waals surface area contributed by atoms with Crippen molar-refractivity contribution in [3.05, 3.63) is 64.9 Å². The van der Waals surface area contributed by atoms with Gasteiger partial charge in [0.2, 0.25) is 5.91 Å². The first-order valence-corrected chi connectivity index (χ1v) is 10.6. The molecule has 27 heavy (non-hydrogen) atoms. The molecule has 1 heterocycles. The summed E-state index contributed by atoms with van der Waals surface area (Å²) in [5, 5.41) is 3.77. The topological polar surface area (TPSA) is 32.3 Å². The van der Waals surface area contributed by atoms with E-state index in [0.717, 1.165) is 35.1 Å². The highest BCUT2D eigenvalue weighted by Crippen LogP contribution is 2.21. The molecular weight excluding hydrogens is 383 g/mol. The van der Waals surface area contributed by atoms with Crippen molar-refractivity contribution < 1.29 is 9.18 Å². The van der Waals surface area contributed by atoms with Crippen LogP contribution in [0.1, 0.15) is 18.4 Å². The molecule has 0 spiro atoms. The molecule has 3 nitrogen and oxygen atoms in total. The number of nitrogens with one attached hydrogen (secondary N) is 1. The summed E-state index contributed by atoms with van der Waals surface area (Å²) in [6.45, 7) is 2.79. The smallest absolute Gasteiger partial charge is 0.224 e. The first kappa shape index (κ1) is 20.2. The van der Waals surface area contributed by atoms with Crippen LogP contribution in [0.3, 0.4) is 0 Å². The van der Waals surface area contributed by atoms with Gasteiger partial charge < -0.3 is 5.32 Å². The van der Waals surface area contributed by atoms with Crippen molar-refractivity contribution in [3.63, 3.8) is 0 Å². The van der Waals surface area contributed by atoms with Crippen LogP contribution in [0.2, 0.25) is 5.02 Å². The van der Waals surface area contributed by atoms with Crippen molar-refractivity contribution in [1.29, 1.82) is 0 Å². The molecule has 1 aliphatic heterocycles. The molecule has 1 N–H and O–H groups in total. The van der Waals surface area contributed by atoms with Crippen molar-refractivity contribution in [3.8, 4) is 0 Å². The first-order chi connectivity index (χ1) is 13.1. The molecule has 1 atom stereocenters. The molecule has 1 aliphatic rings. The van der Waals surface area contributed by atoms with Gasteiger partial charge in [-0.05, 0) is 49.7 Å². The Morgan fingerprint density at radius 1 is 1.22 bits per heavy atom. The number of likely N-dealkylation sites (tertiary alicyclic amines) is 1. The van der Waals surface area contributed by atoms with E-state index in [1.165, 1.54) is 6.07 Å². The van der Waals surface area contributed by atoms with Gasteiger partial charge in [-0.1, -0.05) is 29.8 Å². The summed E-state index contributed by atoms with van der Waals surface area (Å²) in [5.74, 6) is 0.721. The zero-order valence-corrected chi connectivity index (χ0v) is 16.7. The number of thioether (sulfide) groups is 1. The number of piperidine rings is 1. The van der Waals surface area contributed by atoms with Gasteiger partial charge in [0.05, 0.1) is 5.92 Å². The normalized spacial score (nSPS) is 17.6. The van der Waals surface area contributed by atoms with Crippen LogP contribution in [0.25, 0.3) is 0 Å². The fourth-order valence-electron chi connectivity index (χ4n) is 3.30. The van der Waals surface area contributed by atoms with Gasteiger partial charge in [0.1, 0.15) is 5.82 Å². The summed E-state index contributed by atoms with van der Waals surface area (Å²) in [7, 11) is 0. The van der Waals surface area contributed by atoms with Gasteiger partial charge in [0.15, 0.2) is 0 Å². The molecule has 144 valence electrons. The Bertz CT molecular complexity index is 756. The highest BCUT2D eigenvalue weighted by atomic mass is 35.5. The largest absolute Gasteiger partial charge is 0.355 e. The van der Waals surface area contributed by atoms with E-state index < -0.39 is 0 Å². The molecule has 0 saturated carbocycles. The molecule has 1 fully saturated rings. The van der Waals surface area contributed by atoms with Crippen LogP contribution in [0.15, 0.2) is 53.4 Å². The predicted molar refractivity (Wildman–Crippen MR) is 110 cm³/mol. The van der Waals surface area contributed by atoms with Crippen LogP contribution in [-0.2, 0) is 11.3 Å². The molecule has 2 aromatic rings. The monoisotopic (exact) mass is 406 g/mol. The Labute approximate surface area is 169 Å². The summed E-state index contributed by atoms with van der Waals surface area (Å²) in [6.07, 6.45) is 1.86. The maximum atomic E-state index is 13.9. The highest BCUT2D eigenvalue weighted by Gasteiger charge is 2.25. The fraction of sp³-hybridized carbons (Fsp3) is 0.381. The van der Waals surface area contributed by atoms with Gasteiger partial charge >= 0.3 is 0 Å². The maximum Gasteiger partial charge on any atom is 0.224 e. The van der Waals surface area contributed by atoms with Gasteiger partial charge in [-0.2, -0.15) is 0 Å². The molecule has 2 aromatic carbocycles. The van der Waals surface area contributed by atoms with E-state index in [-0.39, 0.29) is 17.6 Å². The van der Waals surface area contributed by atoms with E-state index in [1.807, 2.05) is 36.4 Å². The van der Waals surface area contributed by atoms with E-state index in [4.69, 9.17) is 11.6 Å². The van der Waals surface area contributed by atoms with Gasteiger partial charge in [0, 0.05) is 40.9 Å². The van der Waals surface area contributed by atoms with E-state index in [2.05, 4.69) is 10.2 Å². The lowest BCUT2D eigenvalue weighted by atomic mass is 9.96. The van der Waals surface area contributed by atoms with Gasteiger partial charge in [-0.3, -0.25) is 9.69 Å². The van der Waals surface area contributed by atoms with Crippen molar-refractivity contribution in [1.82, 2.24) is 10.2 Å². The standard InChI is InChI=1S/C21H24ClFN2OS/c22-18-7-9-19(10-8-18)27-13-11-24-21(26)17-5-3-12-25(15-17)14-16-4-1-2-6-20(16)23/h1-2,4,6-10,17H,3,5,11-15H2,(H,24,26). The van der Waals surface area contributed by atoms with Crippen LogP contribution >= 0.6 is 23.4 Å². The fourth-order valence-corrected chi connectivity index (χ4v) is 4.19. The molecular formula is C21H24ClFN2OS. The van der Waals surface area contributed by atoms with Crippen LogP contribution in [-0.4, -0.2) is 36.2 Å². The Kier molecular flexibility index (Phi) is 7.56. The number of amides is 1. The molecule has 1 amide bonds. The second kappa shape index (κ2) is 10.1. The minimum Gasteiger partial charge on any atom is -0.355 e. The summed E-state index contributed by atoms with van der Waals surface area (Å²) < 4.78 is 13.9. The van der Waals surface area contributed by atoms with Crippen molar-refractivity contribution in [2.24, 2.45) is 5.92 Å². The molecule has 0 aromatic heterocycles. The number of benzene rings is 2. The van der Waals surface area contributed by atoms with E-state index in [9.17, 15) is 9.18 Å². The quantitative estimate of drug-likeness (QED) is 0.538. The Hall–Kier alpha value is -1.56. The van der Waals surface area contributed by atoms with E-state index >= 15 is 0 Å². The third kappa shape index (κ3) is 6.23. The van der Waals surface area contributed by atoms with Crippen molar-refractivity contribution in [2.75, 3.05) is 25.4 Å². The summed E-state index contributed by atoms with van der Waals surface area (Å²) >= 11 is 7.58. The molecule has 1 unspecified atom stereocenters. The second-order valence-electron chi connectivity index (χ2n) is 6.76. The van der Waals surface area contributed by atoms with Gasteiger partial charge in [-0.15, -0.1) is 11.8 Å². The van der Waals surface area contributed by atoms with E-state index in [0.29, 0.717) is 25.2 Å². The third-order valence-electron chi connectivity index (χ3n) is 4.71. The first-order valence-electron chi connectivity index (χ1n) is 9.23. The van der Waals surface area contributed by atoms with Gasteiger partial charge in [0.25, 0.3) is 0 Å². The lowest BCUT2D eigenvalue weighted by Gasteiger charge is -2.32. The number of nitrogens with zero attached hydrogens (tertiary/aromatic N) is 1. The summed E-state index contributed by atoms with van der Waals surface area (Å²) in [6, 6.07) is 14.6. The number of carbonyl (C=O) groups excluding carboxylic acids is 1. The summed E-state index contributed by atoms with van der Waals surface area (Å²) in [5.41, 5.74) is 0.693. The highest BCUT2D eigenvalue weighted by molar-refractivity contribution is 7.99. The lowest BCUT2D eigenvalue weighted by molar-refractivity contribution is -0.126. The maximum absolute atomic E-state index is 13.9. The Morgan fingerprint density at radius 3 is 2.78 bits per heavy atom. The Morgan fingerprint density at radius 2 is 2.00 bits per heavy atom. The van der Waals surface area contributed by atoms with E-state index in [1.54, 1.807) is 17.8 Å². The SMILES string of the molecule is O=C(NCCSc1ccc(Cl)cc1)C1CCCN(Cc2ccccc2F)C1. The number of halogens is 2. The number of carbonyl (C=O) groups is 1. The van der Waals surface area contributed by atoms with Crippen molar-refractivity contribution >= 4 is 29.3 Å². The predicted octanol–water partition coefficient (Wildman–Crippen LogP) is 4.60. The van der Waals surface area contributed by atoms with Gasteiger partial charge in [-0.25, -0.2) is 4.39 Å². The average molecular weight is 407 g/mol. The molecule has 0 radical (unpaired) electrons. The van der Waals surface area contributed by atoms with Crippen molar-refractivity contribution in [2.45, 2.75) is 24.3 Å². The minimum atomic E-state index is -0.178. The molecule has 3 rings (SSSR count). The summed E-state index contributed by atoms with van der Waals surface area (Å²) in [4.78, 5) is 15.8. The Balaban J connectivity index is 1.41.